The molecule has 7 heteroatoms. The Kier molecular flexibility index (Phi) is 3.21. The maximum absolute atomic E-state index is 12.5. The Morgan fingerprint density at radius 3 is 2.39 bits per heavy atom. The molecule has 23 heavy (non-hydrogen) atoms. The maximum Gasteiger partial charge on any atom is 0.381 e. The van der Waals surface area contributed by atoms with Crippen molar-refractivity contribution in [2.45, 2.75) is 57.5 Å². The molecule has 4 aliphatic carbocycles. The van der Waals surface area contributed by atoms with Crippen LogP contribution in [0.2, 0.25) is 0 Å². The smallest absolute Gasteiger partial charge is 0.358 e. The summed E-state index contributed by atoms with van der Waals surface area (Å²) in [6.45, 7) is 1.79. The van der Waals surface area contributed by atoms with Gasteiger partial charge in [-0.15, -0.1) is 0 Å². The number of nitro groups is 1. The second-order valence-corrected chi connectivity index (χ2v) is 7.78. The summed E-state index contributed by atoms with van der Waals surface area (Å²) in [6, 6.07) is 0. The van der Waals surface area contributed by atoms with Crippen molar-refractivity contribution in [3.05, 3.63) is 22.1 Å². The third-order valence-electron chi connectivity index (χ3n) is 5.91. The first-order valence-corrected chi connectivity index (χ1v) is 8.42. The lowest BCUT2D eigenvalue weighted by Crippen LogP contribution is -2.60. The van der Waals surface area contributed by atoms with E-state index in [2.05, 4.69) is 10.3 Å². The number of aromatic nitrogens is 2. The number of amides is 1. The normalized spacial score (nSPS) is 34.6. The first-order chi connectivity index (χ1) is 10.9. The molecule has 1 N–H and O–H groups in total. The number of rotatable bonds is 4. The number of hydrogen-bond donors (Lipinski definition) is 1. The van der Waals surface area contributed by atoms with Crippen molar-refractivity contribution < 1.29 is 9.72 Å². The summed E-state index contributed by atoms with van der Waals surface area (Å²) in [6.07, 6.45) is 8.66. The predicted molar refractivity (Wildman–Crippen MR) is 82.7 cm³/mol. The lowest BCUT2D eigenvalue weighted by molar-refractivity contribution is -0.389. The fourth-order valence-electron chi connectivity index (χ4n) is 5.49. The van der Waals surface area contributed by atoms with E-state index in [9.17, 15) is 14.9 Å². The van der Waals surface area contributed by atoms with Crippen molar-refractivity contribution in [1.29, 1.82) is 0 Å². The quantitative estimate of drug-likeness (QED) is 0.680. The molecule has 4 aliphatic rings. The number of carbonyl (C=O) groups is 1. The third-order valence-corrected chi connectivity index (χ3v) is 5.91. The molecule has 0 spiro atoms. The van der Waals surface area contributed by atoms with Crippen LogP contribution < -0.4 is 5.32 Å². The fraction of sp³-hybridized carbons (Fsp3) is 0.750. The molecule has 0 radical (unpaired) electrons. The third kappa shape index (κ3) is 2.62. The average molecular weight is 318 g/mol. The van der Waals surface area contributed by atoms with E-state index in [-0.39, 0.29) is 23.8 Å². The molecule has 1 heterocycles. The van der Waals surface area contributed by atoms with Crippen LogP contribution in [-0.2, 0) is 11.3 Å². The van der Waals surface area contributed by atoms with Gasteiger partial charge in [0.2, 0.25) is 11.7 Å². The van der Waals surface area contributed by atoms with Crippen LogP contribution in [0, 0.1) is 34.8 Å². The highest BCUT2D eigenvalue weighted by molar-refractivity contribution is 5.76. The van der Waals surface area contributed by atoms with Crippen LogP contribution in [0.25, 0.3) is 0 Å². The van der Waals surface area contributed by atoms with E-state index in [1.807, 2.05) is 0 Å². The number of aryl methyl sites for hydroxylation is 1. The lowest BCUT2D eigenvalue weighted by atomic mass is 9.53. The summed E-state index contributed by atoms with van der Waals surface area (Å²) in [5.74, 6) is 2.57. The standard InChI is InChI=1S/C16H22N4O3/c1-10-17-14(20(22)23)8-19(10)9-15(21)18-16-5-11-2-12(6-16)4-13(3-11)7-16/h8,11-13H,2-7,9H2,1H3,(H,18,21). The van der Waals surface area contributed by atoms with Gasteiger partial charge in [0, 0.05) is 12.5 Å². The molecule has 1 aromatic heterocycles. The molecule has 4 saturated carbocycles. The highest BCUT2D eigenvalue weighted by Crippen LogP contribution is 2.55. The van der Waals surface area contributed by atoms with Crippen LogP contribution in [-0.4, -0.2) is 25.9 Å². The van der Waals surface area contributed by atoms with Crippen molar-refractivity contribution in [2.24, 2.45) is 17.8 Å². The minimum absolute atomic E-state index is 0.0216. The van der Waals surface area contributed by atoms with Crippen molar-refractivity contribution in [3.63, 3.8) is 0 Å². The van der Waals surface area contributed by atoms with E-state index in [1.54, 1.807) is 11.5 Å². The van der Waals surface area contributed by atoms with E-state index >= 15 is 0 Å². The van der Waals surface area contributed by atoms with E-state index in [4.69, 9.17) is 0 Å². The molecule has 5 rings (SSSR count). The molecule has 7 nitrogen and oxygen atoms in total. The van der Waals surface area contributed by atoms with Gasteiger partial charge < -0.3 is 15.4 Å². The summed E-state index contributed by atoms with van der Waals surface area (Å²) in [7, 11) is 0. The Bertz CT molecular complexity index is 631. The predicted octanol–water partition coefficient (Wildman–Crippen LogP) is 2.18. The van der Waals surface area contributed by atoms with Crippen LogP contribution >= 0.6 is 0 Å². The summed E-state index contributed by atoms with van der Waals surface area (Å²) < 4.78 is 1.56. The van der Waals surface area contributed by atoms with Crippen LogP contribution in [0.3, 0.4) is 0 Å². The molecular formula is C16H22N4O3. The molecule has 0 unspecified atom stereocenters. The number of hydrogen-bond acceptors (Lipinski definition) is 4. The number of nitrogens with zero attached hydrogens (tertiary/aromatic N) is 3. The number of nitrogens with one attached hydrogen (secondary N) is 1. The van der Waals surface area contributed by atoms with Crippen molar-refractivity contribution in [3.8, 4) is 0 Å². The summed E-state index contributed by atoms with van der Waals surface area (Å²) in [5, 5.41) is 14.1. The summed E-state index contributed by atoms with van der Waals surface area (Å²) >= 11 is 0. The Balaban J connectivity index is 1.45. The van der Waals surface area contributed by atoms with Gasteiger partial charge in [-0.2, -0.15) is 0 Å². The molecule has 4 bridgehead atoms. The Morgan fingerprint density at radius 1 is 1.35 bits per heavy atom. The molecule has 0 saturated heterocycles. The van der Waals surface area contributed by atoms with Gasteiger partial charge in [0.25, 0.3) is 0 Å². The van der Waals surface area contributed by atoms with Gasteiger partial charge in [-0.25, -0.2) is 0 Å². The molecule has 124 valence electrons. The van der Waals surface area contributed by atoms with Gasteiger partial charge in [-0.05, 0) is 66.2 Å². The monoisotopic (exact) mass is 318 g/mol. The van der Waals surface area contributed by atoms with Crippen LogP contribution in [0.5, 0.6) is 0 Å². The van der Waals surface area contributed by atoms with Gasteiger partial charge in [0.05, 0.1) is 0 Å². The van der Waals surface area contributed by atoms with Crippen molar-refractivity contribution >= 4 is 11.7 Å². The summed E-state index contributed by atoms with van der Waals surface area (Å²) in [5.41, 5.74) is -0.0216. The second-order valence-electron chi connectivity index (χ2n) is 7.78. The topological polar surface area (TPSA) is 90.1 Å². The van der Waals surface area contributed by atoms with E-state index in [0.29, 0.717) is 5.82 Å². The first kappa shape index (κ1) is 14.7. The SMILES string of the molecule is Cc1nc([N+](=O)[O-])cn1CC(=O)NC12CC3CC(CC(C3)C1)C2. The second kappa shape index (κ2) is 5.04. The highest BCUT2D eigenvalue weighted by atomic mass is 16.6. The van der Waals surface area contributed by atoms with Gasteiger partial charge >= 0.3 is 5.82 Å². The molecular weight excluding hydrogens is 296 g/mol. The van der Waals surface area contributed by atoms with Crippen LogP contribution in [0.1, 0.15) is 44.3 Å². The minimum Gasteiger partial charge on any atom is -0.358 e. The zero-order chi connectivity index (χ0) is 16.2. The summed E-state index contributed by atoms with van der Waals surface area (Å²) in [4.78, 5) is 26.6. The number of imidazole rings is 1. The highest BCUT2D eigenvalue weighted by Gasteiger charge is 2.51. The fourth-order valence-corrected chi connectivity index (χ4v) is 5.49. The van der Waals surface area contributed by atoms with Crippen molar-refractivity contribution in [2.75, 3.05) is 0 Å². The molecule has 4 fully saturated rings. The first-order valence-electron chi connectivity index (χ1n) is 8.42. The van der Waals surface area contributed by atoms with Gasteiger partial charge in [-0.3, -0.25) is 9.36 Å². The molecule has 1 amide bonds. The maximum atomic E-state index is 12.5. The largest absolute Gasteiger partial charge is 0.381 e. The molecule has 0 atom stereocenters. The molecule has 1 aromatic rings. The zero-order valence-corrected chi connectivity index (χ0v) is 13.3. The van der Waals surface area contributed by atoms with Gasteiger partial charge in [0.15, 0.2) is 0 Å². The molecule has 0 aromatic carbocycles. The van der Waals surface area contributed by atoms with Crippen LogP contribution in [0.4, 0.5) is 5.82 Å². The Morgan fingerprint density at radius 2 is 1.91 bits per heavy atom. The minimum atomic E-state index is -0.527. The number of carbonyl (C=O) groups excluding carboxylic acids is 1. The molecule has 0 aliphatic heterocycles. The van der Waals surface area contributed by atoms with Gasteiger partial charge in [0.1, 0.15) is 12.7 Å². The van der Waals surface area contributed by atoms with E-state index in [0.717, 1.165) is 37.0 Å². The van der Waals surface area contributed by atoms with Crippen molar-refractivity contribution in [1.82, 2.24) is 14.9 Å². The Hall–Kier alpha value is -1.92. The average Bonchev–Trinajstić information content (AvgIpc) is 2.78. The van der Waals surface area contributed by atoms with E-state index in [1.165, 1.54) is 25.5 Å². The zero-order valence-electron chi connectivity index (χ0n) is 13.3. The van der Waals surface area contributed by atoms with Gasteiger partial charge in [-0.1, -0.05) is 0 Å². The van der Waals surface area contributed by atoms with Crippen LogP contribution in [0.15, 0.2) is 6.20 Å². The van der Waals surface area contributed by atoms with E-state index < -0.39 is 4.92 Å². The lowest BCUT2D eigenvalue weighted by Gasteiger charge is -2.56. The Labute approximate surface area is 134 Å².